The van der Waals surface area contributed by atoms with Gasteiger partial charge in [0.15, 0.2) is 0 Å². The molecule has 0 aromatic heterocycles. The van der Waals surface area contributed by atoms with Crippen LogP contribution in [0.3, 0.4) is 0 Å². The van der Waals surface area contributed by atoms with Crippen LogP contribution in [0.4, 0.5) is 10.1 Å². The van der Waals surface area contributed by atoms with Crippen molar-refractivity contribution in [3.63, 3.8) is 0 Å². The van der Waals surface area contributed by atoms with Gasteiger partial charge in [-0.05, 0) is 55.7 Å². The molecule has 1 aliphatic heterocycles. The lowest BCUT2D eigenvalue weighted by atomic mass is 10.1. The van der Waals surface area contributed by atoms with Gasteiger partial charge >= 0.3 is 0 Å². The minimum atomic E-state index is -3.74. The van der Waals surface area contributed by atoms with Gasteiger partial charge in [-0.3, -0.25) is 4.79 Å². The van der Waals surface area contributed by atoms with Crippen LogP contribution in [-0.2, 0) is 21.5 Å². The van der Waals surface area contributed by atoms with Crippen LogP contribution in [0.2, 0.25) is 0 Å². The van der Waals surface area contributed by atoms with Crippen molar-refractivity contribution in [1.82, 2.24) is 8.61 Å². The molecule has 6 nitrogen and oxygen atoms in total. The number of halogens is 1. The summed E-state index contributed by atoms with van der Waals surface area (Å²) in [5.74, 6) is -0.859. The van der Waals surface area contributed by atoms with Gasteiger partial charge in [-0.1, -0.05) is 23.8 Å². The molecule has 1 N–H and O–H groups in total. The van der Waals surface area contributed by atoms with E-state index in [0.717, 1.165) is 16.7 Å². The maximum absolute atomic E-state index is 13.0. The molecule has 3 rings (SSSR count). The topological polar surface area (TPSA) is 69.7 Å². The number of nitrogens with zero attached hydrogens (tertiary/aromatic N) is 2. The van der Waals surface area contributed by atoms with Gasteiger partial charge in [-0.25, -0.2) is 4.39 Å². The van der Waals surface area contributed by atoms with E-state index in [1.165, 1.54) is 32.9 Å². The summed E-state index contributed by atoms with van der Waals surface area (Å²) in [5.41, 5.74) is 3.49. The van der Waals surface area contributed by atoms with Gasteiger partial charge in [0.2, 0.25) is 5.91 Å². The largest absolute Gasteiger partial charge is 0.325 e. The van der Waals surface area contributed by atoms with E-state index in [1.54, 1.807) is 0 Å². The smallest absolute Gasteiger partial charge is 0.282 e. The van der Waals surface area contributed by atoms with Crippen molar-refractivity contribution in [2.45, 2.75) is 26.8 Å². The normalized spacial score (nSPS) is 17.4. The Morgan fingerprint density at radius 1 is 1.07 bits per heavy atom. The number of aryl methyl sites for hydroxylation is 2. The minimum Gasteiger partial charge on any atom is -0.325 e. The zero-order valence-corrected chi connectivity index (χ0v) is 16.8. The minimum absolute atomic E-state index is 0.275. The van der Waals surface area contributed by atoms with Crippen LogP contribution in [0.5, 0.6) is 0 Å². The van der Waals surface area contributed by atoms with Crippen LogP contribution in [0.25, 0.3) is 0 Å². The highest BCUT2D eigenvalue weighted by molar-refractivity contribution is 7.86. The van der Waals surface area contributed by atoms with Crippen LogP contribution >= 0.6 is 0 Å². The maximum Gasteiger partial charge on any atom is 0.282 e. The standard InChI is InChI=1S/C20H24FN3O3S/c1-15-4-5-16(2)17(12-15)13-23-10-3-11-24(28(23,26)27)14-20(25)22-19-8-6-18(21)7-9-19/h4-9,12H,3,10-11,13-14H2,1-2H3,(H,22,25). The molecule has 0 unspecified atom stereocenters. The first-order valence-corrected chi connectivity index (χ1v) is 10.5. The first-order valence-electron chi connectivity index (χ1n) is 9.12. The number of hydrogen-bond donors (Lipinski definition) is 1. The average molecular weight is 405 g/mol. The van der Waals surface area contributed by atoms with E-state index in [4.69, 9.17) is 0 Å². The van der Waals surface area contributed by atoms with Crippen molar-refractivity contribution >= 4 is 21.8 Å². The zero-order valence-electron chi connectivity index (χ0n) is 16.0. The van der Waals surface area contributed by atoms with Crippen LogP contribution in [0.1, 0.15) is 23.1 Å². The predicted molar refractivity (Wildman–Crippen MR) is 106 cm³/mol. The molecule has 1 heterocycles. The Kier molecular flexibility index (Phi) is 6.12. The summed E-state index contributed by atoms with van der Waals surface area (Å²) in [7, 11) is -3.74. The van der Waals surface area contributed by atoms with Gasteiger partial charge in [0.25, 0.3) is 10.2 Å². The Hall–Kier alpha value is -2.29. The Morgan fingerprint density at radius 2 is 1.75 bits per heavy atom. The number of nitrogens with one attached hydrogen (secondary N) is 1. The molecule has 2 aromatic carbocycles. The fraction of sp³-hybridized carbons (Fsp3) is 0.350. The van der Waals surface area contributed by atoms with Gasteiger partial charge in [-0.15, -0.1) is 0 Å². The first-order chi connectivity index (χ1) is 13.3. The second-order valence-electron chi connectivity index (χ2n) is 7.01. The zero-order chi connectivity index (χ0) is 20.3. The molecule has 2 aromatic rings. The molecule has 0 bridgehead atoms. The van der Waals surface area contributed by atoms with E-state index in [0.29, 0.717) is 25.2 Å². The summed E-state index contributed by atoms with van der Waals surface area (Å²) in [6.45, 7) is 4.65. The lowest BCUT2D eigenvalue weighted by Crippen LogP contribution is -2.51. The van der Waals surface area contributed by atoms with Crippen molar-refractivity contribution in [2.24, 2.45) is 0 Å². The van der Waals surface area contributed by atoms with Gasteiger partial charge in [-0.2, -0.15) is 17.0 Å². The van der Waals surface area contributed by atoms with E-state index in [1.807, 2.05) is 32.0 Å². The quantitative estimate of drug-likeness (QED) is 0.832. The molecular weight excluding hydrogens is 381 g/mol. The average Bonchev–Trinajstić information content (AvgIpc) is 2.63. The second kappa shape index (κ2) is 8.38. The van der Waals surface area contributed by atoms with Crippen molar-refractivity contribution in [3.8, 4) is 0 Å². The highest BCUT2D eigenvalue weighted by Gasteiger charge is 2.34. The van der Waals surface area contributed by atoms with E-state index >= 15 is 0 Å². The molecule has 150 valence electrons. The number of amides is 1. The lowest BCUT2D eigenvalue weighted by molar-refractivity contribution is -0.116. The van der Waals surface area contributed by atoms with E-state index in [-0.39, 0.29) is 13.1 Å². The fourth-order valence-electron chi connectivity index (χ4n) is 3.19. The van der Waals surface area contributed by atoms with Crippen molar-refractivity contribution in [1.29, 1.82) is 0 Å². The number of benzene rings is 2. The molecule has 0 spiro atoms. The molecule has 1 aliphatic rings. The summed E-state index contributed by atoms with van der Waals surface area (Å²) >= 11 is 0. The summed E-state index contributed by atoms with van der Waals surface area (Å²) in [6.07, 6.45) is 0.647. The van der Waals surface area contributed by atoms with E-state index < -0.39 is 21.9 Å². The van der Waals surface area contributed by atoms with Crippen molar-refractivity contribution in [2.75, 3.05) is 25.0 Å². The van der Waals surface area contributed by atoms with Crippen LogP contribution < -0.4 is 5.32 Å². The monoisotopic (exact) mass is 405 g/mol. The maximum atomic E-state index is 13.0. The Morgan fingerprint density at radius 3 is 2.46 bits per heavy atom. The lowest BCUT2D eigenvalue weighted by Gasteiger charge is -2.34. The Bertz CT molecular complexity index is 961. The third-order valence-electron chi connectivity index (χ3n) is 4.77. The molecule has 0 radical (unpaired) electrons. The Balaban J connectivity index is 1.69. The highest BCUT2D eigenvalue weighted by atomic mass is 32.2. The summed E-state index contributed by atoms with van der Waals surface area (Å²) in [6, 6.07) is 11.3. The third-order valence-corrected chi connectivity index (χ3v) is 6.70. The Labute approximate surface area is 165 Å². The summed E-state index contributed by atoms with van der Waals surface area (Å²) in [4.78, 5) is 12.3. The number of anilines is 1. The number of carbonyl (C=O) groups excluding carboxylic acids is 1. The van der Waals surface area contributed by atoms with Gasteiger partial charge < -0.3 is 5.32 Å². The second-order valence-corrected chi connectivity index (χ2v) is 8.94. The van der Waals surface area contributed by atoms with Gasteiger partial charge in [0.05, 0.1) is 6.54 Å². The third kappa shape index (κ3) is 4.76. The molecular formula is C20H24FN3O3S. The van der Waals surface area contributed by atoms with Crippen molar-refractivity contribution < 1.29 is 17.6 Å². The van der Waals surface area contributed by atoms with E-state index in [2.05, 4.69) is 5.32 Å². The van der Waals surface area contributed by atoms with Crippen LogP contribution in [0, 0.1) is 19.7 Å². The highest BCUT2D eigenvalue weighted by Crippen LogP contribution is 2.21. The van der Waals surface area contributed by atoms with Crippen LogP contribution in [0.15, 0.2) is 42.5 Å². The molecule has 0 saturated carbocycles. The molecule has 1 saturated heterocycles. The van der Waals surface area contributed by atoms with Crippen molar-refractivity contribution in [3.05, 3.63) is 65.0 Å². The van der Waals surface area contributed by atoms with Crippen LogP contribution in [-0.4, -0.2) is 42.6 Å². The molecule has 0 atom stereocenters. The van der Waals surface area contributed by atoms with Gasteiger partial charge in [0, 0.05) is 25.3 Å². The SMILES string of the molecule is Cc1ccc(C)c(CN2CCCN(CC(=O)Nc3ccc(F)cc3)S2(=O)=O)c1. The first kappa shape index (κ1) is 20.4. The molecule has 1 amide bonds. The van der Waals surface area contributed by atoms with E-state index in [9.17, 15) is 17.6 Å². The molecule has 0 aliphatic carbocycles. The number of rotatable bonds is 5. The molecule has 28 heavy (non-hydrogen) atoms. The fourth-order valence-corrected chi connectivity index (χ4v) is 4.82. The summed E-state index contributed by atoms with van der Waals surface area (Å²) < 4.78 is 41.5. The summed E-state index contributed by atoms with van der Waals surface area (Å²) in [5, 5.41) is 2.61. The molecule has 1 fully saturated rings. The predicted octanol–water partition coefficient (Wildman–Crippen LogP) is 2.83. The van der Waals surface area contributed by atoms with Gasteiger partial charge in [0.1, 0.15) is 5.82 Å². The number of hydrogen-bond acceptors (Lipinski definition) is 3. The number of carbonyl (C=O) groups is 1. The molecule has 8 heteroatoms.